The van der Waals surface area contributed by atoms with Crippen LogP contribution in [0.4, 0.5) is 0 Å². The van der Waals surface area contributed by atoms with E-state index < -0.39 is 20.2 Å². The summed E-state index contributed by atoms with van der Waals surface area (Å²) in [4.78, 5) is 12.2. The zero-order chi connectivity index (χ0) is 14.5. The molecule has 4 heteroatoms. The van der Waals surface area contributed by atoms with Crippen molar-refractivity contribution in [1.29, 1.82) is 0 Å². The van der Waals surface area contributed by atoms with Crippen LogP contribution in [0.15, 0.2) is 0 Å². The van der Waals surface area contributed by atoms with Crippen molar-refractivity contribution in [1.82, 2.24) is 0 Å². The summed E-state index contributed by atoms with van der Waals surface area (Å²) in [6.07, 6.45) is 9.24. The Labute approximate surface area is 154 Å². The SMILES string of the molecule is CCCCC(CC)C(=O)[O][SnH]([CH2]CCC)[CH2]CCC.[PbH2]. The van der Waals surface area contributed by atoms with Crippen LogP contribution in [0.5, 0.6) is 0 Å². The van der Waals surface area contributed by atoms with E-state index in [0.717, 1.165) is 19.3 Å². The number of unbranched alkanes of at least 4 members (excludes halogenated alkanes) is 3. The summed E-state index contributed by atoms with van der Waals surface area (Å²) in [6.45, 7) is 8.74. The Hall–Kier alpha value is 1.19. The van der Waals surface area contributed by atoms with E-state index in [1.54, 1.807) is 0 Å². The van der Waals surface area contributed by atoms with Crippen LogP contribution >= 0.6 is 0 Å². The standard InChI is InChI=1S/C8H16O2.2C4H9.Pb.Sn.3H/c1-3-5-6-7(4-2)8(9)10;2*1-3-4-2;;;;;/h7H,3-6H2,1-2H3,(H,9,10);2*1,3-4H2,2H3;;;;;/q;;;;+1;;;/p-1. The van der Waals surface area contributed by atoms with Gasteiger partial charge in [0.1, 0.15) is 0 Å². The molecule has 120 valence electrons. The van der Waals surface area contributed by atoms with Crippen molar-refractivity contribution in [3.8, 4) is 0 Å². The third-order valence-corrected chi connectivity index (χ3v) is 11.4. The summed E-state index contributed by atoms with van der Waals surface area (Å²) in [5, 5.41) is 0. The summed E-state index contributed by atoms with van der Waals surface area (Å²) in [7, 11) is 0. The van der Waals surface area contributed by atoms with Crippen molar-refractivity contribution in [3.63, 3.8) is 0 Å². The number of rotatable bonds is 12. The van der Waals surface area contributed by atoms with Crippen LogP contribution < -0.4 is 0 Å². The molecule has 0 aliphatic heterocycles. The van der Waals surface area contributed by atoms with Crippen LogP contribution in [0, 0.1) is 5.92 Å². The fourth-order valence-electron chi connectivity index (χ4n) is 2.33. The van der Waals surface area contributed by atoms with Gasteiger partial charge >= 0.3 is 155 Å². The number of hydrogen-bond donors (Lipinski definition) is 0. The molecule has 1 atom stereocenters. The molecule has 0 aliphatic rings. The second-order valence-electron chi connectivity index (χ2n) is 5.59. The van der Waals surface area contributed by atoms with E-state index in [0.29, 0.717) is 0 Å². The molecule has 0 aromatic heterocycles. The molecule has 0 amide bonds. The Bertz CT molecular complexity index is 217. The maximum absolute atomic E-state index is 12.2. The molecule has 0 saturated carbocycles. The predicted molar refractivity (Wildman–Crippen MR) is 94.5 cm³/mol. The molecule has 0 N–H and O–H groups in total. The minimum absolute atomic E-state index is 0. The summed E-state index contributed by atoms with van der Waals surface area (Å²) >= 11 is -2.02. The zero-order valence-electron chi connectivity index (χ0n) is 14.2. The molecule has 2 radical (unpaired) electrons. The molecule has 0 saturated heterocycles. The van der Waals surface area contributed by atoms with Gasteiger partial charge < -0.3 is 0 Å². The Balaban J connectivity index is 0. The topological polar surface area (TPSA) is 26.3 Å². The van der Waals surface area contributed by atoms with Crippen molar-refractivity contribution in [2.45, 2.75) is 87.9 Å². The Kier molecular flexibility index (Phi) is 19.4. The van der Waals surface area contributed by atoms with Gasteiger partial charge in [0.15, 0.2) is 0 Å². The van der Waals surface area contributed by atoms with Crippen LogP contribution in [-0.4, -0.2) is 53.4 Å². The molecule has 0 rings (SSSR count). The first-order valence-corrected chi connectivity index (χ1v) is 14.4. The van der Waals surface area contributed by atoms with E-state index in [1.807, 2.05) is 0 Å². The molecule has 1 unspecified atom stereocenters. The van der Waals surface area contributed by atoms with Crippen LogP contribution in [-0.2, 0) is 7.87 Å². The van der Waals surface area contributed by atoms with Crippen LogP contribution in [0.1, 0.15) is 79.1 Å². The molecule has 0 aromatic rings. The molecule has 0 bridgehead atoms. The Morgan fingerprint density at radius 2 is 1.45 bits per heavy atom. The fourth-order valence-corrected chi connectivity index (χ4v) is 10.2. The first kappa shape index (κ1) is 23.5. The summed E-state index contributed by atoms with van der Waals surface area (Å²) in [6, 6.07) is 0. The van der Waals surface area contributed by atoms with Crippen molar-refractivity contribution >= 4 is 53.4 Å². The van der Waals surface area contributed by atoms with Gasteiger partial charge in [-0.05, 0) is 0 Å². The first-order chi connectivity index (χ1) is 9.19. The third kappa shape index (κ3) is 11.8. The molecule has 0 aliphatic carbocycles. The van der Waals surface area contributed by atoms with Gasteiger partial charge in [0.25, 0.3) is 0 Å². The van der Waals surface area contributed by atoms with Gasteiger partial charge in [0.2, 0.25) is 0 Å². The van der Waals surface area contributed by atoms with Gasteiger partial charge in [0, 0.05) is 0 Å². The van der Waals surface area contributed by atoms with Crippen molar-refractivity contribution in [2.75, 3.05) is 0 Å². The summed E-state index contributed by atoms with van der Waals surface area (Å²) in [5.74, 6) is 0.311. The molecular formula is C16H36O2PbSn. The maximum atomic E-state index is 12.2. The third-order valence-electron chi connectivity index (χ3n) is 3.77. The quantitative estimate of drug-likeness (QED) is 0.322. The normalized spacial score (nSPS) is 12.1. The van der Waals surface area contributed by atoms with E-state index in [9.17, 15) is 4.79 Å². The minimum atomic E-state index is -2.02. The molecule has 20 heavy (non-hydrogen) atoms. The fraction of sp³-hybridized carbons (Fsp3) is 0.938. The molecule has 0 spiro atoms. The number of hydrogen-bond acceptors (Lipinski definition) is 2. The monoisotopic (exact) mass is 588 g/mol. The van der Waals surface area contributed by atoms with Gasteiger partial charge in [-0.1, -0.05) is 0 Å². The molecule has 0 heterocycles. The van der Waals surface area contributed by atoms with E-state index in [2.05, 4.69) is 27.7 Å². The second kappa shape index (κ2) is 16.6. The van der Waals surface area contributed by atoms with Gasteiger partial charge in [-0.2, -0.15) is 0 Å². The summed E-state index contributed by atoms with van der Waals surface area (Å²) in [5.41, 5.74) is 0. The van der Waals surface area contributed by atoms with Crippen molar-refractivity contribution < 1.29 is 7.87 Å². The number of carbonyl (C=O) groups excluding carboxylic acids is 1. The Morgan fingerprint density at radius 1 is 0.950 bits per heavy atom. The van der Waals surface area contributed by atoms with Crippen LogP contribution in [0.25, 0.3) is 0 Å². The van der Waals surface area contributed by atoms with E-state index >= 15 is 0 Å². The average molecular weight is 586 g/mol. The molecule has 0 fully saturated rings. The van der Waals surface area contributed by atoms with Crippen molar-refractivity contribution in [2.24, 2.45) is 5.92 Å². The van der Waals surface area contributed by atoms with E-state index in [1.165, 1.54) is 41.0 Å². The van der Waals surface area contributed by atoms with Gasteiger partial charge in [-0.3, -0.25) is 0 Å². The van der Waals surface area contributed by atoms with Crippen LogP contribution in [0.3, 0.4) is 0 Å². The van der Waals surface area contributed by atoms with Gasteiger partial charge in [0.05, 0.1) is 0 Å². The van der Waals surface area contributed by atoms with E-state index in [-0.39, 0.29) is 39.2 Å². The van der Waals surface area contributed by atoms with E-state index in [4.69, 9.17) is 3.07 Å². The Morgan fingerprint density at radius 3 is 1.85 bits per heavy atom. The second-order valence-corrected chi connectivity index (χ2v) is 13.1. The zero-order valence-corrected chi connectivity index (χ0v) is 23.0. The average Bonchev–Trinajstić information content (AvgIpc) is 2.42. The molecule has 0 aromatic carbocycles. The molecule has 2 nitrogen and oxygen atoms in total. The molecular weight excluding hydrogens is 550 g/mol. The van der Waals surface area contributed by atoms with Gasteiger partial charge in [-0.25, -0.2) is 0 Å². The predicted octanol–water partition coefficient (Wildman–Crippen LogP) is 4.15. The summed E-state index contributed by atoms with van der Waals surface area (Å²) < 4.78 is 8.46. The first-order valence-electron chi connectivity index (χ1n) is 8.39. The van der Waals surface area contributed by atoms with Crippen LogP contribution in [0.2, 0.25) is 8.87 Å². The van der Waals surface area contributed by atoms with Gasteiger partial charge in [-0.15, -0.1) is 0 Å². The van der Waals surface area contributed by atoms with Crippen molar-refractivity contribution in [3.05, 3.63) is 0 Å². The number of carbonyl (C=O) groups is 1.